The maximum atomic E-state index is 13.2. The highest BCUT2D eigenvalue weighted by atomic mass is 32.2. The number of carbonyl (C=O) groups is 1. The van der Waals surface area contributed by atoms with Gasteiger partial charge in [-0.2, -0.15) is 0 Å². The fourth-order valence-electron chi connectivity index (χ4n) is 3.39. The molecule has 3 rings (SSSR count). The van der Waals surface area contributed by atoms with Crippen LogP contribution >= 0.6 is 11.8 Å². The number of nitrogens with one attached hydrogen (secondary N) is 1. The molecule has 1 saturated heterocycles. The number of thioether (sulfide) groups is 1. The number of rotatable bonds is 3. The SMILES string of the molecule is CCCC1(C(=O)N2CCSc3ccccc32)CCNC1. The van der Waals surface area contributed by atoms with Crippen molar-refractivity contribution in [3.8, 4) is 0 Å². The van der Waals surface area contributed by atoms with Crippen molar-refractivity contribution in [1.29, 1.82) is 0 Å². The zero-order chi connectivity index (χ0) is 14.0. The number of anilines is 1. The molecule has 0 bridgehead atoms. The lowest BCUT2D eigenvalue weighted by atomic mass is 9.81. The maximum absolute atomic E-state index is 13.2. The third-order valence-electron chi connectivity index (χ3n) is 4.40. The average Bonchev–Trinajstić information content (AvgIpc) is 2.96. The molecule has 2 heterocycles. The van der Waals surface area contributed by atoms with E-state index in [9.17, 15) is 4.79 Å². The van der Waals surface area contributed by atoms with Crippen molar-refractivity contribution in [2.45, 2.75) is 31.1 Å². The Balaban J connectivity index is 1.91. The van der Waals surface area contributed by atoms with Gasteiger partial charge in [-0.25, -0.2) is 0 Å². The summed E-state index contributed by atoms with van der Waals surface area (Å²) >= 11 is 1.86. The lowest BCUT2D eigenvalue weighted by Gasteiger charge is -2.36. The largest absolute Gasteiger partial charge is 0.316 e. The van der Waals surface area contributed by atoms with E-state index in [1.165, 1.54) is 4.90 Å². The van der Waals surface area contributed by atoms with E-state index in [1.807, 2.05) is 22.7 Å². The zero-order valence-corrected chi connectivity index (χ0v) is 12.8. The number of nitrogens with zero attached hydrogens (tertiary/aromatic N) is 1. The minimum atomic E-state index is -0.177. The van der Waals surface area contributed by atoms with Gasteiger partial charge in [-0.05, 0) is 31.5 Å². The van der Waals surface area contributed by atoms with Gasteiger partial charge in [0.15, 0.2) is 0 Å². The van der Waals surface area contributed by atoms with Crippen LogP contribution in [0, 0.1) is 5.41 Å². The maximum Gasteiger partial charge on any atom is 0.234 e. The van der Waals surface area contributed by atoms with E-state index in [1.54, 1.807) is 0 Å². The Morgan fingerprint density at radius 1 is 1.45 bits per heavy atom. The highest BCUT2D eigenvalue weighted by molar-refractivity contribution is 7.99. The molecule has 0 radical (unpaired) electrons. The molecule has 0 aromatic heterocycles. The quantitative estimate of drug-likeness (QED) is 0.929. The van der Waals surface area contributed by atoms with Crippen molar-refractivity contribution >= 4 is 23.4 Å². The van der Waals surface area contributed by atoms with Crippen LogP contribution in [0.5, 0.6) is 0 Å². The van der Waals surface area contributed by atoms with E-state index in [2.05, 4.69) is 30.4 Å². The molecule has 1 aromatic rings. The second kappa shape index (κ2) is 5.78. The van der Waals surface area contributed by atoms with E-state index in [-0.39, 0.29) is 5.41 Å². The van der Waals surface area contributed by atoms with Crippen molar-refractivity contribution in [1.82, 2.24) is 5.32 Å². The lowest BCUT2D eigenvalue weighted by Crippen LogP contribution is -2.47. The Morgan fingerprint density at radius 2 is 2.30 bits per heavy atom. The van der Waals surface area contributed by atoms with E-state index < -0.39 is 0 Å². The Kier molecular flexibility index (Phi) is 4.03. The zero-order valence-electron chi connectivity index (χ0n) is 12.0. The van der Waals surface area contributed by atoms with Gasteiger partial charge in [-0.1, -0.05) is 25.5 Å². The van der Waals surface area contributed by atoms with E-state index in [0.717, 1.165) is 50.3 Å². The number of hydrogen-bond acceptors (Lipinski definition) is 3. The minimum Gasteiger partial charge on any atom is -0.316 e. The summed E-state index contributed by atoms with van der Waals surface area (Å²) < 4.78 is 0. The van der Waals surface area contributed by atoms with Gasteiger partial charge >= 0.3 is 0 Å². The van der Waals surface area contributed by atoms with E-state index >= 15 is 0 Å². The highest BCUT2D eigenvalue weighted by Crippen LogP contribution is 2.40. The molecule has 1 amide bonds. The second-order valence-corrected chi connectivity index (χ2v) is 6.87. The van der Waals surface area contributed by atoms with Crippen molar-refractivity contribution in [2.24, 2.45) is 5.41 Å². The van der Waals surface area contributed by atoms with Gasteiger partial charge in [0.25, 0.3) is 0 Å². The highest BCUT2D eigenvalue weighted by Gasteiger charge is 2.43. The summed E-state index contributed by atoms with van der Waals surface area (Å²) in [6.45, 7) is 4.82. The van der Waals surface area contributed by atoms with Gasteiger partial charge in [-0.15, -0.1) is 11.8 Å². The average molecular weight is 290 g/mol. The summed E-state index contributed by atoms with van der Waals surface area (Å²) in [5, 5.41) is 3.39. The number of para-hydroxylation sites is 1. The summed E-state index contributed by atoms with van der Waals surface area (Å²) in [4.78, 5) is 16.4. The Bertz CT molecular complexity index is 497. The Labute approximate surface area is 125 Å². The van der Waals surface area contributed by atoms with Gasteiger partial charge in [0.2, 0.25) is 5.91 Å². The number of benzene rings is 1. The number of hydrogen-bond donors (Lipinski definition) is 1. The van der Waals surface area contributed by atoms with Crippen LogP contribution in [0.3, 0.4) is 0 Å². The molecule has 1 aromatic carbocycles. The van der Waals surface area contributed by atoms with Crippen LogP contribution in [-0.2, 0) is 4.79 Å². The first-order valence-corrected chi connectivity index (χ1v) is 8.50. The molecule has 0 spiro atoms. The third-order valence-corrected chi connectivity index (χ3v) is 5.44. The first kappa shape index (κ1) is 14.0. The molecular formula is C16H22N2OS. The first-order valence-electron chi connectivity index (χ1n) is 7.51. The minimum absolute atomic E-state index is 0.177. The predicted octanol–water partition coefficient (Wildman–Crippen LogP) is 2.91. The molecule has 2 aliphatic heterocycles. The van der Waals surface area contributed by atoms with Crippen LogP contribution in [0.4, 0.5) is 5.69 Å². The standard InChI is InChI=1S/C16H22N2OS/c1-2-7-16(8-9-17-12-16)15(19)18-10-11-20-14-6-4-3-5-13(14)18/h3-6,17H,2,7-12H2,1H3. The van der Waals surface area contributed by atoms with Crippen LogP contribution < -0.4 is 10.2 Å². The fraction of sp³-hybridized carbons (Fsp3) is 0.562. The van der Waals surface area contributed by atoms with Crippen LogP contribution in [0.15, 0.2) is 29.2 Å². The van der Waals surface area contributed by atoms with Gasteiger partial charge in [-0.3, -0.25) is 4.79 Å². The van der Waals surface area contributed by atoms with E-state index in [4.69, 9.17) is 0 Å². The van der Waals surface area contributed by atoms with Gasteiger partial charge in [0.1, 0.15) is 0 Å². The van der Waals surface area contributed by atoms with Crippen LogP contribution in [-0.4, -0.2) is 31.3 Å². The van der Waals surface area contributed by atoms with Crippen LogP contribution in [0.2, 0.25) is 0 Å². The van der Waals surface area contributed by atoms with Crippen molar-refractivity contribution in [3.63, 3.8) is 0 Å². The summed E-state index contributed by atoms with van der Waals surface area (Å²) in [5.41, 5.74) is 0.931. The van der Waals surface area contributed by atoms with Crippen molar-refractivity contribution < 1.29 is 4.79 Å². The molecule has 2 aliphatic rings. The second-order valence-electron chi connectivity index (χ2n) is 5.73. The van der Waals surface area contributed by atoms with Crippen LogP contribution in [0.1, 0.15) is 26.2 Å². The van der Waals surface area contributed by atoms with Gasteiger partial charge < -0.3 is 10.2 Å². The normalized spacial score (nSPS) is 25.6. The monoisotopic (exact) mass is 290 g/mol. The molecular weight excluding hydrogens is 268 g/mol. The Morgan fingerprint density at radius 3 is 3.05 bits per heavy atom. The molecule has 1 N–H and O–H groups in total. The lowest BCUT2D eigenvalue weighted by molar-refractivity contribution is -0.127. The van der Waals surface area contributed by atoms with Gasteiger partial charge in [0.05, 0.1) is 11.1 Å². The van der Waals surface area contributed by atoms with E-state index in [0.29, 0.717) is 5.91 Å². The number of carbonyl (C=O) groups excluding carboxylic acids is 1. The summed E-state index contributed by atoms with van der Waals surface area (Å²) in [6, 6.07) is 8.30. The number of fused-ring (bicyclic) bond motifs is 1. The molecule has 20 heavy (non-hydrogen) atoms. The molecule has 108 valence electrons. The molecule has 1 atom stereocenters. The summed E-state index contributed by atoms with van der Waals surface area (Å²) in [6.07, 6.45) is 3.04. The first-order chi connectivity index (χ1) is 9.77. The topological polar surface area (TPSA) is 32.3 Å². The molecule has 1 fully saturated rings. The fourth-order valence-corrected chi connectivity index (χ4v) is 4.39. The summed E-state index contributed by atoms with van der Waals surface area (Å²) in [7, 11) is 0. The molecule has 1 unspecified atom stereocenters. The smallest absolute Gasteiger partial charge is 0.234 e. The number of amides is 1. The van der Waals surface area contributed by atoms with Crippen molar-refractivity contribution in [2.75, 3.05) is 30.3 Å². The molecule has 0 saturated carbocycles. The van der Waals surface area contributed by atoms with Gasteiger partial charge in [0, 0.05) is 23.7 Å². The van der Waals surface area contributed by atoms with Crippen molar-refractivity contribution in [3.05, 3.63) is 24.3 Å². The predicted molar refractivity (Wildman–Crippen MR) is 84.3 cm³/mol. The Hall–Kier alpha value is -1.00. The third kappa shape index (κ3) is 2.35. The summed E-state index contributed by atoms with van der Waals surface area (Å²) in [5.74, 6) is 1.33. The molecule has 4 heteroatoms. The molecule has 3 nitrogen and oxygen atoms in total. The molecule has 0 aliphatic carbocycles. The van der Waals surface area contributed by atoms with Crippen LogP contribution in [0.25, 0.3) is 0 Å².